The van der Waals surface area contributed by atoms with Crippen LogP contribution in [0.15, 0.2) is 17.1 Å². The molecule has 1 aliphatic rings. The van der Waals surface area contributed by atoms with E-state index in [1.165, 1.54) is 25.1 Å². The fourth-order valence-corrected chi connectivity index (χ4v) is 3.06. The number of anilines is 1. The predicted octanol–water partition coefficient (Wildman–Crippen LogP) is 0.957. The van der Waals surface area contributed by atoms with Crippen molar-refractivity contribution >= 4 is 11.8 Å². The lowest BCUT2D eigenvalue weighted by Crippen LogP contribution is -2.36. The standard InChI is InChI=1S/C18H29N3O7/c1-2-3-4-5-6-7-8-14(22)27-11-12-15(23)16(24)17(28-12)21-10-9-13(20-26)19-18(21)25/h9-10,12,15-17,23-24,26H,2-8,11H2,1H3,(H,19,20,25)/t12-,15+,16+,17-/m1/s1. The highest BCUT2D eigenvalue weighted by atomic mass is 16.6. The van der Waals surface area contributed by atoms with Crippen molar-refractivity contribution in [3.05, 3.63) is 22.7 Å². The third-order valence-corrected chi connectivity index (χ3v) is 4.70. The molecule has 0 bridgehead atoms. The molecule has 1 fully saturated rings. The zero-order valence-corrected chi connectivity index (χ0v) is 16.0. The number of nitrogens with one attached hydrogen (secondary N) is 1. The van der Waals surface area contributed by atoms with E-state index in [1.54, 1.807) is 5.48 Å². The van der Waals surface area contributed by atoms with Crippen molar-refractivity contribution in [3.63, 3.8) is 0 Å². The molecular formula is C18H29N3O7. The summed E-state index contributed by atoms with van der Waals surface area (Å²) in [5, 5.41) is 29.1. The summed E-state index contributed by atoms with van der Waals surface area (Å²) in [6.07, 6.45) is 3.03. The molecule has 1 saturated heterocycles. The first kappa shape index (κ1) is 22.3. The number of aliphatic hydroxyl groups excluding tert-OH is 2. The van der Waals surface area contributed by atoms with Crippen molar-refractivity contribution in [3.8, 4) is 0 Å². The first-order chi connectivity index (χ1) is 13.5. The number of unbranched alkanes of at least 4 members (excludes halogenated alkanes) is 5. The van der Waals surface area contributed by atoms with Gasteiger partial charge in [0.1, 0.15) is 24.9 Å². The third kappa shape index (κ3) is 5.99. The number of hydrogen-bond acceptors (Lipinski definition) is 9. The molecule has 2 rings (SSSR count). The molecule has 1 aromatic rings. The molecule has 4 atom stereocenters. The van der Waals surface area contributed by atoms with Gasteiger partial charge in [-0.15, -0.1) is 0 Å². The molecule has 0 aromatic carbocycles. The zero-order chi connectivity index (χ0) is 20.5. The number of aromatic nitrogens is 2. The normalized spacial score (nSPS) is 24.3. The largest absolute Gasteiger partial charge is 0.463 e. The van der Waals surface area contributed by atoms with E-state index < -0.39 is 30.2 Å². The summed E-state index contributed by atoms with van der Waals surface area (Å²) in [6.45, 7) is 1.93. The van der Waals surface area contributed by atoms with Crippen LogP contribution in [0, 0.1) is 0 Å². The number of ether oxygens (including phenoxy) is 2. The van der Waals surface area contributed by atoms with Crippen molar-refractivity contribution in [1.29, 1.82) is 0 Å². The van der Waals surface area contributed by atoms with Crippen LogP contribution in [0.5, 0.6) is 0 Å². The molecule has 0 radical (unpaired) electrons. The molecule has 0 unspecified atom stereocenters. The van der Waals surface area contributed by atoms with E-state index in [0.29, 0.717) is 6.42 Å². The number of nitrogens with zero attached hydrogens (tertiary/aromatic N) is 2. The number of carbonyl (C=O) groups excluding carboxylic acids is 1. The lowest BCUT2D eigenvalue weighted by atomic mass is 10.1. The number of carbonyl (C=O) groups is 1. The van der Waals surface area contributed by atoms with Crippen LogP contribution in [-0.4, -0.2) is 55.9 Å². The molecule has 2 heterocycles. The van der Waals surface area contributed by atoms with Gasteiger partial charge >= 0.3 is 11.7 Å². The first-order valence-electron chi connectivity index (χ1n) is 9.64. The van der Waals surface area contributed by atoms with Crippen LogP contribution in [0.3, 0.4) is 0 Å². The van der Waals surface area contributed by atoms with Crippen molar-refractivity contribution in [2.24, 2.45) is 0 Å². The molecule has 10 nitrogen and oxygen atoms in total. The van der Waals surface area contributed by atoms with E-state index in [2.05, 4.69) is 11.9 Å². The minimum absolute atomic E-state index is 0.0607. The van der Waals surface area contributed by atoms with Crippen LogP contribution in [0.25, 0.3) is 0 Å². The minimum atomic E-state index is -1.39. The van der Waals surface area contributed by atoms with Crippen molar-refractivity contribution in [1.82, 2.24) is 9.55 Å². The van der Waals surface area contributed by atoms with Crippen molar-refractivity contribution in [2.45, 2.75) is 76.4 Å². The molecule has 0 spiro atoms. The average Bonchev–Trinajstić information content (AvgIpc) is 2.97. The van der Waals surface area contributed by atoms with Crippen LogP contribution in [0.1, 0.15) is 58.1 Å². The van der Waals surface area contributed by atoms with E-state index >= 15 is 0 Å². The first-order valence-corrected chi connectivity index (χ1v) is 9.64. The Morgan fingerprint density at radius 3 is 2.64 bits per heavy atom. The van der Waals surface area contributed by atoms with Gasteiger partial charge < -0.3 is 19.7 Å². The van der Waals surface area contributed by atoms with Gasteiger partial charge in [0.05, 0.1) is 0 Å². The molecule has 158 valence electrons. The Labute approximate surface area is 163 Å². The van der Waals surface area contributed by atoms with Gasteiger partial charge in [-0.2, -0.15) is 4.98 Å². The summed E-state index contributed by atoms with van der Waals surface area (Å²) < 4.78 is 11.6. The smallest absolute Gasteiger partial charge is 0.351 e. The number of rotatable bonds is 11. The van der Waals surface area contributed by atoms with E-state index in [4.69, 9.17) is 14.7 Å². The van der Waals surface area contributed by atoms with E-state index in [9.17, 15) is 19.8 Å². The molecular weight excluding hydrogens is 370 g/mol. The lowest BCUT2D eigenvalue weighted by molar-refractivity contribution is -0.150. The van der Waals surface area contributed by atoms with Gasteiger partial charge in [0.15, 0.2) is 12.0 Å². The molecule has 0 aliphatic carbocycles. The summed E-state index contributed by atoms with van der Waals surface area (Å²) in [5.41, 5.74) is 0.962. The highest BCUT2D eigenvalue weighted by molar-refractivity contribution is 5.69. The topological polar surface area (TPSA) is 143 Å². The molecule has 28 heavy (non-hydrogen) atoms. The second kappa shape index (κ2) is 11.1. The van der Waals surface area contributed by atoms with Gasteiger partial charge in [-0.3, -0.25) is 20.0 Å². The van der Waals surface area contributed by atoms with Crippen molar-refractivity contribution < 1.29 is 29.7 Å². The summed E-state index contributed by atoms with van der Waals surface area (Å²) in [5.74, 6) is -0.448. The monoisotopic (exact) mass is 399 g/mol. The van der Waals surface area contributed by atoms with Gasteiger partial charge in [0, 0.05) is 12.6 Å². The van der Waals surface area contributed by atoms with Crippen molar-refractivity contribution in [2.75, 3.05) is 12.1 Å². The van der Waals surface area contributed by atoms with Gasteiger partial charge in [-0.25, -0.2) is 4.79 Å². The fourth-order valence-electron chi connectivity index (χ4n) is 3.06. The van der Waals surface area contributed by atoms with Crippen LogP contribution >= 0.6 is 0 Å². The van der Waals surface area contributed by atoms with Crippen LogP contribution in [0.4, 0.5) is 5.82 Å². The maximum Gasteiger partial charge on any atom is 0.351 e. The Hall–Kier alpha value is -2.01. The number of aliphatic hydroxyl groups is 2. The van der Waals surface area contributed by atoms with E-state index in [0.717, 1.165) is 30.3 Å². The summed E-state index contributed by atoms with van der Waals surface area (Å²) in [7, 11) is 0. The molecule has 10 heteroatoms. The highest BCUT2D eigenvalue weighted by Gasteiger charge is 2.44. The average molecular weight is 399 g/mol. The molecule has 1 aromatic heterocycles. The molecule has 0 amide bonds. The Morgan fingerprint density at radius 1 is 1.25 bits per heavy atom. The maximum absolute atomic E-state index is 12.0. The van der Waals surface area contributed by atoms with E-state index in [1.807, 2.05) is 0 Å². The second-order valence-corrected chi connectivity index (χ2v) is 6.86. The summed E-state index contributed by atoms with van der Waals surface area (Å²) in [4.78, 5) is 27.3. The maximum atomic E-state index is 12.0. The van der Waals surface area contributed by atoms with E-state index in [-0.39, 0.29) is 18.4 Å². The van der Waals surface area contributed by atoms with Gasteiger partial charge in [0.2, 0.25) is 0 Å². The lowest BCUT2D eigenvalue weighted by Gasteiger charge is -2.17. The van der Waals surface area contributed by atoms with Crippen LogP contribution in [-0.2, 0) is 14.3 Å². The van der Waals surface area contributed by atoms with Gasteiger partial charge in [-0.1, -0.05) is 39.0 Å². The third-order valence-electron chi connectivity index (χ3n) is 4.70. The predicted molar refractivity (Wildman–Crippen MR) is 98.8 cm³/mol. The number of esters is 1. The van der Waals surface area contributed by atoms with Crippen LogP contribution in [0.2, 0.25) is 0 Å². The SMILES string of the molecule is CCCCCCCCC(=O)OC[C@H]1O[C@@H](n2ccc(NO)nc2=O)[C@@H](O)[C@H]1O. The molecule has 0 saturated carbocycles. The Morgan fingerprint density at radius 2 is 1.96 bits per heavy atom. The second-order valence-electron chi connectivity index (χ2n) is 6.86. The van der Waals surface area contributed by atoms with Gasteiger partial charge in [-0.05, 0) is 12.5 Å². The minimum Gasteiger partial charge on any atom is -0.463 e. The quantitative estimate of drug-likeness (QED) is 0.243. The molecule has 1 aliphatic heterocycles. The molecule has 4 N–H and O–H groups in total. The fraction of sp³-hybridized carbons (Fsp3) is 0.722. The van der Waals surface area contributed by atoms with Gasteiger partial charge in [0.25, 0.3) is 0 Å². The van der Waals surface area contributed by atoms with Crippen LogP contribution < -0.4 is 11.2 Å². The Kier molecular flexibility index (Phi) is 8.84. The Bertz CT molecular complexity index is 681. The number of hydrogen-bond donors (Lipinski definition) is 4. The summed E-state index contributed by atoms with van der Waals surface area (Å²) >= 11 is 0. The highest BCUT2D eigenvalue weighted by Crippen LogP contribution is 2.28. The summed E-state index contributed by atoms with van der Waals surface area (Å²) in [6, 6.07) is 1.30. The zero-order valence-electron chi connectivity index (χ0n) is 16.0. The Balaban J connectivity index is 1.81.